The minimum Gasteiger partial charge on any atom is -0.238 e. The van der Waals surface area contributed by atoms with Crippen LogP contribution in [0.2, 0.25) is 0 Å². The van der Waals surface area contributed by atoms with Gasteiger partial charge in [-0.05, 0) is 12.1 Å². The molecule has 13 heavy (non-hydrogen) atoms. The molecule has 2 nitrogen and oxygen atoms in total. The number of aromatic nitrogens is 1. The van der Waals surface area contributed by atoms with Gasteiger partial charge in [0.15, 0.2) is 5.38 Å². The van der Waals surface area contributed by atoms with Crippen molar-refractivity contribution < 1.29 is 0 Å². The number of halogens is 1. The Morgan fingerprint density at radius 2 is 2.23 bits per heavy atom. The quantitative estimate of drug-likeness (QED) is 0.676. The normalized spacial score (nSPS) is 12.6. The lowest BCUT2D eigenvalue weighted by Crippen LogP contribution is -1.82. The van der Waals surface area contributed by atoms with Crippen LogP contribution >= 0.6 is 22.9 Å². The minimum atomic E-state index is -0.627. The van der Waals surface area contributed by atoms with E-state index in [-0.39, 0.29) is 0 Å². The van der Waals surface area contributed by atoms with Crippen molar-refractivity contribution in [2.75, 3.05) is 0 Å². The van der Waals surface area contributed by atoms with Gasteiger partial charge in [-0.3, -0.25) is 0 Å². The van der Waals surface area contributed by atoms with Crippen LogP contribution in [0.15, 0.2) is 24.3 Å². The minimum absolute atomic E-state index is 0.627. The predicted molar refractivity (Wildman–Crippen MR) is 53.8 cm³/mol. The van der Waals surface area contributed by atoms with Crippen LogP contribution in [0, 0.1) is 11.3 Å². The zero-order valence-corrected chi connectivity index (χ0v) is 8.14. The third-order valence-electron chi connectivity index (χ3n) is 1.64. The zero-order valence-electron chi connectivity index (χ0n) is 6.57. The van der Waals surface area contributed by atoms with E-state index < -0.39 is 5.38 Å². The average Bonchev–Trinajstić information content (AvgIpc) is 2.59. The van der Waals surface area contributed by atoms with Gasteiger partial charge in [-0.15, -0.1) is 11.3 Å². The van der Waals surface area contributed by atoms with Gasteiger partial charge in [-0.25, -0.2) is 4.98 Å². The molecule has 0 aliphatic rings. The fraction of sp³-hybridized carbons (Fsp3) is 0.111. The molecular weight excluding hydrogens is 204 g/mol. The number of hydrogen-bond acceptors (Lipinski definition) is 3. The number of rotatable bonds is 1. The monoisotopic (exact) mass is 208 g/mol. The Morgan fingerprint density at radius 1 is 1.46 bits per heavy atom. The lowest BCUT2D eigenvalue weighted by atomic mass is 10.3. The van der Waals surface area contributed by atoms with E-state index in [1.807, 2.05) is 30.3 Å². The number of benzene rings is 1. The Kier molecular flexibility index (Phi) is 2.17. The van der Waals surface area contributed by atoms with Crippen molar-refractivity contribution in [3.05, 3.63) is 29.3 Å². The number of nitrogens with zero attached hydrogens (tertiary/aromatic N) is 2. The Balaban J connectivity index is 2.57. The first-order valence-corrected chi connectivity index (χ1v) is 4.95. The highest BCUT2D eigenvalue weighted by Gasteiger charge is 2.11. The third kappa shape index (κ3) is 1.51. The van der Waals surface area contributed by atoms with Crippen molar-refractivity contribution in [1.82, 2.24) is 4.98 Å². The number of nitriles is 1. The third-order valence-corrected chi connectivity index (χ3v) is 3.18. The van der Waals surface area contributed by atoms with Crippen molar-refractivity contribution in [3.8, 4) is 6.07 Å². The summed E-state index contributed by atoms with van der Waals surface area (Å²) < 4.78 is 1.07. The largest absolute Gasteiger partial charge is 0.238 e. The lowest BCUT2D eigenvalue weighted by molar-refractivity contribution is 1.17. The van der Waals surface area contributed by atoms with Crippen LogP contribution in [0.25, 0.3) is 10.2 Å². The molecule has 2 aromatic rings. The van der Waals surface area contributed by atoms with Crippen LogP contribution in [0.3, 0.4) is 0 Å². The van der Waals surface area contributed by atoms with Crippen LogP contribution < -0.4 is 0 Å². The summed E-state index contributed by atoms with van der Waals surface area (Å²) in [6, 6.07) is 9.70. The van der Waals surface area contributed by atoms with E-state index in [0.717, 1.165) is 10.2 Å². The fourth-order valence-corrected chi connectivity index (χ4v) is 2.13. The Bertz CT molecular complexity index is 439. The van der Waals surface area contributed by atoms with E-state index in [2.05, 4.69) is 4.98 Å². The molecule has 1 atom stereocenters. The summed E-state index contributed by atoms with van der Waals surface area (Å²) in [7, 11) is 0. The molecule has 0 saturated carbocycles. The van der Waals surface area contributed by atoms with E-state index >= 15 is 0 Å². The van der Waals surface area contributed by atoms with Gasteiger partial charge in [0.2, 0.25) is 0 Å². The summed E-state index contributed by atoms with van der Waals surface area (Å²) >= 11 is 7.21. The van der Waals surface area contributed by atoms with Crippen LogP contribution in [0.1, 0.15) is 10.4 Å². The molecule has 0 fully saturated rings. The molecule has 0 saturated heterocycles. The van der Waals surface area contributed by atoms with Crippen LogP contribution in [0.5, 0.6) is 0 Å². The smallest absolute Gasteiger partial charge is 0.171 e. The molecular formula is C9H5ClN2S. The molecule has 0 bridgehead atoms. The molecule has 64 valence electrons. The number of para-hydroxylation sites is 1. The first-order valence-electron chi connectivity index (χ1n) is 3.70. The number of alkyl halides is 1. The molecule has 0 aliphatic carbocycles. The summed E-state index contributed by atoms with van der Waals surface area (Å²) in [5, 5.41) is 8.64. The zero-order chi connectivity index (χ0) is 9.26. The Morgan fingerprint density at radius 3 is 2.92 bits per heavy atom. The predicted octanol–water partition coefficient (Wildman–Crippen LogP) is 3.10. The van der Waals surface area contributed by atoms with E-state index in [4.69, 9.17) is 16.9 Å². The molecule has 1 unspecified atom stereocenters. The molecule has 0 aliphatic heterocycles. The second kappa shape index (κ2) is 3.33. The fourth-order valence-electron chi connectivity index (χ4n) is 1.05. The lowest BCUT2D eigenvalue weighted by Gasteiger charge is -1.88. The van der Waals surface area contributed by atoms with Crippen molar-refractivity contribution in [2.45, 2.75) is 5.38 Å². The van der Waals surface area contributed by atoms with Gasteiger partial charge in [-0.2, -0.15) is 5.26 Å². The molecule has 0 amide bonds. The first kappa shape index (κ1) is 8.49. The Hall–Kier alpha value is -1.11. The summed E-state index contributed by atoms with van der Waals surface area (Å²) in [5.74, 6) is 0. The summed E-state index contributed by atoms with van der Waals surface area (Å²) in [4.78, 5) is 4.25. The molecule has 4 heteroatoms. The van der Waals surface area contributed by atoms with Gasteiger partial charge in [-0.1, -0.05) is 23.7 Å². The van der Waals surface area contributed by atoms with Gasteiger partial charge in [0.05, 0.1) is 16.3 Å². The molecule has 1 aromatic carbocycles. The van der Waals surface area contributed by atoms with Crippen molar-refractivity contribution >= 4 is 33.2 Å². The molecule has 0 spiro atoms. The second-order valence-electron chi connectivity index (χ2n) is 2.51. The SMILES string of the molecule is N#CC(Cl)c1nc2ccccc2s1. The van der Waals surface area contributed by atoms with Gasteiger partial charge in [0.25, 0.3) is 0 Å². The highest BCUT2D eigenvalue weighted by atomic mass is 35.5. The molecule has 0 N–H and O–H groups in total. The molecule has 2 rings (SSSR count). The first-order chi connectivity index (χ1) is 6.31. The summed E-state index contributed by atoms with van der Waals surface area (Å²) in [5.41, 5.74) is 0.906. The van der Waals surface area contributed by atoms with Crippen molar-refractivity contribution in [1.29, 1.82) is 5.26 Å². The molecule has 0 radical (unpaired) electrons. The van der Waals surface area contributed by atoms with Crippen LogP contribution in [-0.4, -0.2) is 4.98 Å². The highest BCUT2D eigenvalue weighted by Crippen LogP contribution is 2.28. The maximum atomic E-state index is 8.60. The maximum absolute atomic E-state index is 8.60. The van der Waals surface area contributed by atoms with E-state index in [1.54, 1.807) is 0 Å². The van der Waals surface area contributed by atoms with Gasteiger partial charge >= 0.3 is 0 Å². The Labute approximate surface area is 84.4 Å². The number of hydrogen-bond donors (Lipinski definition) is 0. The second-order valence-corrected chi connectivity index (χ2v) is 4.01. The van der Waals surface area contributed by atoms with E-state index in [1.165, 1.54) is 11.3 Å². The van der Waals surface area contributed by atoms with Gasteiger partial charge in [0.1, 0.15) is 5.01 Å². The molecule has 1 aromatic heterocycles. The van der Waals surface area contributed by atoms with E-state index in [0.29, 0.717) is 5.01 Å². The van der Waals surface area contributed by atoms with Crippen molar-refractivity contribution in [3.63, 3.8) is 0 Å². The number of fused-ring (bicyclic) bond motifs is 1. The highest BCUT2D eigenvalue weighted by molar-refractivity contribution is 7.18. The number of thiazole rings is 1. The molecule has 1 heterocycles. The topological polar surface area (TPSA) is 36.7 Å². The maximum Gasteiger partial charge on any atom is 0.171 e. The average molecular weight is 209 g/mol. The van der Waals surface area contributed by atoms with Crippen LogP contribution in [0.4, 0.5) is 0 Å². The van der Waals surface area contributed by atoms with Crippen molar-refractivity contribution in [2.24, 2.45) is 0 Å². The van der Waals surface area contributed by atoms with Gasteiger partial charge in [0, 0.05) is 0 Å². The van der Waals surface area contributed by atoms with Gasteiger partial charge < -0.3 is 0 Å². The van der Waals surface area contributed by atoms with E-state index in [9.17, 15) is 0 Å². The van der Waals surface area contributed by atoms with Crippen LogP contribution in [-0.2, 0) is 0 Å². The summed E-state index contributed by atoms with van der Waals surface area (Å²) in [6.07, 6.45) is 0. The summed E-state index contributed by atoms with van der Waals surface area (Å²) in [6.45, 7) is 0. The standard InChI is InChI=1S/C9H5ClN2S/c10-6(5-11)9-12-7-3-1-2-4-8(7)13-9/h1-4,6H.